The largest absolute Gasteiger partial charge is 0.334 e. The van der Waals surface area contributed by atoms with Crippen LogP contribution in [0, 0.1) is 6.92 Å². The molecule has 0 spiro atoms. The van der Waals surface area contributed by atoms with Crippen LogP contribution in [0.2, 0.25) is 0 Å². The number of pyridine rings is 1. The van der Waals surface area contributed by atoms with E-state index >= 15 is 0 Å². The molecular formula is C16H19N3OS. The molecule has 1 fully saturated rings. The van der Waals surface area contributed by atoms with E-state index in [1.165, 1.54) is 16.9 Å². The Labute approximate surface area is 128 Å². The van der Waals surface area contributed by atoms with Crippen molar-refractivity contribution in [3.05, 3.63) is 46.2 Å². The summed E-state index contributed by atoms with van der Waals surface area (Å²) in [6.07, 6.45) is 6.06. The Morgan fingerprint density at radius 3 is 3.14 bits per heavy atom. The molecule has 2 aromatic rings. The molecule has 1 atom stereocenters. The van der Waals surface area contributed by atoms with Crippen LogP contribution in [0.1, 0.15) is 41.0 Å². The lowest BCUT2D eigenvalue weighted by molar-refractivity contribution is 0.0725. The van der Waals surface area contributed by atoms with E-state index in [0.717, 1.165) is 37.9 Å². The van der Waals surface area contributed by atoms with Gasteiger partial charge in [0, 0.05) is 29.9 Å². The third-order valence-electron chi connectivity index (χ3n) is 4.02. The first-order valence-electron chi connectivity index (χ1n) is 7.35. The Bertz CT molecular complexity index is 612. The summed E-state index contributed by atoms with van der Waals surface area (Å²) in [5, 5.41) is 1.84. The van der Waals surface area contributed by atoms with Gasteiger partial charge in [0.2, 0.25) is 0 Å². The topological polar surface area (TPSA) is 46.1 Å². The Kier molecular flexibility index (Phi) is 4.29. The first kappa shape index (κ1) is 14.2. The molecule has 1 unspecified atom stereocenters. The molecule has 1 aliphatic heterocycles. The zero-order valence-corrected chi connectivity index (χ0v) is 13.0. The standard InChI is InChI=1S/C16H19N3OS/c1-12-9-13(6-7-17-12)4-5-14-3-2-8-19(14)16(20)15-10-21-11-18-15/h6-7,9-11,14H,2-5,8H2,1H3. The van der Waals surface area contributed by atoms with Gasteiger partial charge in [0.15, 0.2) is 0 Å². The van der Waals surface area contributed by atoms with Crippen LogP contribution in [-0.4, -0.2) is 33.4 Å². The number of nitrogens with zero attached hydrogens (tertiary/aromatic N) is 3. The van der Waals surface area contributed by atoms with Gasteiger partial charge in [-0.25, -0.2) is 4.98 Å². The van der Waals surface area contributed by atoms with Gasteiger partial charge in [-0.1, -0.05) is 0 Å². The number of rotatable bonds is 4. The van der Waals surface area contributed by atoms with Crippen molar-refractivity contribution in [2.45, 2.75) is 38.6 Å². The Morgan fingerprint density at radius 1 is 1.48 bits per heavy atom. The number of aromatic nitrogens is 2. The zero-order chi connectivity index (χ0) is 14.7. The molecule has 0 aromatic carbocycles. The third kappa shape index (κ3) is 3.29. The molecule has 110 valence electrons. The maximum atomic E-state index is 12.4. The lowest BCUT2D eigenvalue weighted by Crippen LogP contribution is -2.36. The van der Waals surface area contributed by atoms with Gasteiger partial charge in [-0.3, -0.25) is 9.78 Å². The molecule has 3 heterocycles. The van der Waals surface area contributed by atoms with Crippen molar-refractivity contribution in [3.63, 3.8) is 0 Å². The molecule has 0 N–H and O–H groups in total. The van der Waals surface area contributed by atoms with E-state index in [-0.39, 0.29) is 5.91 Å². The summed E-state index contributed by atoms with van der Waals surface area (Å²) in [6.45, 7) is 2.87. The van der Waals surface area contributed by atoms with Crippen molar-refractivity contribution >= 4 is 17.2 Å². The van der Waals surface area contributed by atoms with Crippen molar-refractivity contribution in [2.75, 3.05) is 6.54 Å². The van der Waals surface area contributed by atoms with Gasteiger partial charge >= 0.3 is 0 Å². The highest BCUT2D eigenvalue weighted by Crippen LogP contribution is 2.24. The predicted octanol–water partition coefficient (Wildman–Crippen LogP) is 3.08. The highest BCUT2D eigenvalue weighted by atomic mass is 32.1. The van der Waals surface area contributed by atoms with Crippen LogP contribution >= 0.6 is 11.3 Å². The van der Waals surface area contributed by atoms with E-state index in [2.05, 4.69) is 22.1 Å². The van der Waals surface area contributed by atoms with Gasteiger partial charge in [-0.2, -0.15) is 0 Å². The monoisotopic (exact) mass is 301 g/mol. The summed E-state index contributed by atoms with van der Waals surface area (Å²) in [5.41, 5.74) is 4.66. The van der Waals surface area contributed by atoms with Gasteiger partial charge in [-0.15, -0.1) is 11.3 Å². The first-order valence-corrected chi connectivity index (χ1v) is 8.29. The minimum absolute atomic E-state index is 0.0876. The molecule has 1 aliphatic rings. The minimum Gasteiger partial charge on any atom is -0.334 e. The van der Waals surface area contributed by atoms with Crippen LogP contribution in [0.25, 0.3) is 0 Å². The molecule has 0 radical (unpaired) electrons. The highest BCUT2D eigenvalue weighted by molar-refractivity contribution is 7.07. The van der Waals surface area contributed by atoms with Crippen molar-refractivity contribution in [1.29, 1.82) is 0 Å². The second-order valence-electron chi connectivity index (χ2n) is 5.51. The number of hydrogen-bond donors (Lipinski definition) is 0. The molecule has 4 nitrogen and oxygen atoms in total. The summed E-state index contributed by atoms with van der Waals surface area (Å²) >= 11 is 1.47. The fraction of sp³-hybridized carbons (Fsp3) is 0.438. The van der Waals surface area contributed by atoms with Crippen molar-refractivity contribution in [1.82, 2.24) is 14.9 Å². The summed E-state index contributed by atoms with van der Waals surface area (Å²) in [6, 6.07) is 4.53. The average molecular weight is 301 g/mol. The molecule has 0 bridgehead atoms. The molecule has 2 aromatic heterocycles. The van der Waals surface area contributed by atoms with Gasteiger partial charge in [0.1, 0.15) is 5.69 Å². The fourth-order valence-corrected chi connectivity index (χ4v) is 3.49. The molecule has 0 aliphatic carbocycles. The van der Waals surface area contributed by atoms with E-state index in [4.69, 9.17) is 0 Å². The summed E-state index contributed by atoms with van der Waals surface area (Å²) in [7, 11) is 0. The zero-order valence-electron chi connectivity index (χ0n) is 12.2. The molecule has 3 rings (SSSR count). The second-order valence-corrected chi connectivity index (χ2v) is 6.23. The lowest BCUT2D eigenvalue weighted by Gasteiger charge is -2.24. The molecule has 1 amide bonds. The van der Waals surface area contributed by atoms with Crippen molar-refractivity contribution < 1.29 is 4.79 Å². The van der Waals surface area contributed by atoms with Gasteiger partial charge in [-0.05, 0) is 50.3 Å². The third-order valence-corrected chi connectivity index (χ3v) is 4.60. The molecule has 1 saturated heterocycles. The molecular weight excluding hydrogens is 282 g/mol. The van der Waals surface area contributed by atoms with Crippen LogP contribution in [0.5, 0.6) is 0 Å². The second kappa shape index (κ2) is 6.35. The number of carbonyl (C=O) groups excluding carboxylic acids is 1. The summed E-state index contributed by atoms with van der Waals surface area (Å²) < 4.78 is 0. The number of carbonyl (C=O) groups is 1. The van der Waals surface area contributed by atoms with Gasteiger partial charge in [0.05, 0.1) is 5.51 Å². The average Bonchev–Trinajstić information content (AvgIpc) is 3.16. The number of hydrogen-bond acceptors (Lipinski definition) is 4. The van der Waals surface area contributed by atoms with Crippen LogP contribution in [-0.2, 0) is 6.42 Å². The van der Waals surface area contributed by atoms with E-state index in [0.29, 0.717) is 11.7 Å². The number of thiazole rings is 1. The first-order chi connectivity index (χ1) is 10.2. The normalized spacial score (nSPS) is 18.1. The predicted molar refractivity (Wildman–Crippen MR) is 83.5 cm³/mol. The van der Waals surface area contributed by atoms with Crippen LogP contribution in [0.4, 0.5) is 0 Å². The molecule has 21 heavy (non-hydrogen) atoms. The quantitative estimate of drug-likeness (QED) is 0.872. The van der Waals surface area contributed by atoms with Gasteiger partial charge < -0.3 is 4.90 Å². The smallest absolute Gasteiger partial charge is 0.273 e. The molecule has 0 saturated carbocycles. The maximum Gasteiger partial charge on any atom is 0.273 e. The fourth-order valence-electron chi connectivity index (χ4n) is 2.96. The van der Waals surface area contributed by atoms with E-state index in [1.54, 1.807) is 5.51 Å². The number of aryl methyl sites for hydroxylation is 2. The lowest BCUT2D eigenvalue weighted by atomic mass is 10.0. The summed E-state index contributed by atoms with van der Waals surface area (Å²) in [4.78, 5) is 22.8. The maximum absolute atomic E-state index is 12.4. The van der Waals surface area contributed by atoms with Crippen molar-refractivity contribution in [2.24, 2.45) is 0 Å². The van der Waals surface area contributed by atoms with E-state index < -0.39 is 0 Å². The van der Waals surface area contributed by atoms with E-state index in [1.807, 2.05) is 23.4 Å². The van der Waals surface area contributed by atoms with Crippen LogP contribution in [0.15, 0.2) is 29.2 Å². The van der Waals surface area contributed by atoms with E-state index in [9.17, 15) is 4.79 Å². The number of amides is 1. The Morgan fingerprint density at radius 2 is 2.38 bits per heavy atom. The van der Waals surface area contributed by atoms with Crippen LogP contribution < -0.4 is 0 Å². The SMILES string of the molecule is Cc1cc(CCC2CCCN2C(=O)c2cscn2)ccn1. The Hall–Kier alpha value is -1.75. The molecule has 5 heteroatoms. The highest BCUT2D eigenvalue weighted by Gasteiger charge is 2.29. The minimum atomic E-state index is 0.0876. The summed E-state index contributed by atoms with van der Waals surface area (Å²) in [5.74, 6) is 0.0876. The number of likely N-dealkylation sites (tertiary alicyclic amines) is 1. The van der Waals surface area contributed by atoms with Crippen LogP contribution in [0.3, 0.4) is 0 Å². The van der Waals surface area contributed by atoms with Gasteiger partial charge in [0.25, 0.3) is 5.91 Å². The van der Waals surface area contributed by atoms with Crippen molar-refractivity contribution in [3.8, 4) is 0 Å². The Balaban J connectivity index is 1.63.